The van der Waals surface area contributed by atoms with Gasteiger partial charge in [0.25, 0.3) is 0 Å². The Bertz CT molecular complexity index is 540. The summed E-state index contributed by atoms with van der Waals surface area (Å²) in [5.41, 5.74) is 1.66. The van der Waals surface area contributed by atoms with Crippen LogP contribution < -0.4 is 5.32 Å². The highest BCUT2D eigenvalue weighted by Crippen LogP contribution is 2.57. The number of fused-ring (bicyclic) bond motifs is 2. The van der Waals surface area contributed by atoms with Crippen molar-refractivity contribution in [3.05, 3.63) is 33.8 Å². The average Bonchev–Trinajstić information content (AvgIpc) is 3.10. The van der Waals surface area contributed by atoms with Gasteiger partial charge in [-0.2, -0.15) is 0 Å². The van der Waals surface area contributed by atoms with E-state index in [1.165, 1.54) is 50.6 Å². The molecule has 0 aliphatic heterocycles. The molecule has 0 spiro atoms. The SMILES string of the molecule is Clc1cccc(CC2(CNC3CC3)CC3CCC2C3)c1Cl. The predicted molar refractivity (Wildman–Crippen MR) is 89.1 cm³/mol. The van der Waals surface area contributed by atoms with Gasteiger partial charge < -0.3 is 5.32 Å². The molecule has 1 aromatic carbocycles. The van der Waals surface area contributed by atoms with Gasteiger partial charge in [0.2, 0.25) is 0 Å². The molecule has 3 aliphatic carbocycles. The minimum Gasteiger partial charge on any atom is -0.313 e. The summed E-state index contributed by atoms with van der Waals surface area (Å²) in [6, 6.07) is 6.89. The van der Waals surface area contributed by atoms with E-state index in [1.54, 1.807) is 0 Å². The van der Waals surface area contributed by atoms with Crippen LogP contribution in [0.3, 0.4) is 0 Å². The molecule has 114 valence electrons. The van der Waals surface area contributed by atoms with E-state index in [4.69, 9.17) is 23.2 Å². The smallest absolute Gasteiger partial charge is 0.0624 e. The van der Waals surface area contributed by atoms with Crippen LogP contribution in [0.4, 0.5) is 0 Å². The lowest BCUT2D eigenvalue weighted by molar-refractivity contribution is 0.155. The molecule has 21 heavy (non-hydrogen) atoms. The lowest BCUT2D eigenvalue weighted by Crippen LogP contribution is -2.41. The number of rotatable bonds is 5. The van der Waals surface area contributed by atoms with Crippen molar-refractivity contribution < 1.29 is 0 Å². The van der Waals surface area contributed by atoms with Gasteiger partial charge in [0.05, 0.1) is 10.0 Å². The van der Waals surface area contributed by atoms with E-state index >= 15 is 0 Å². The van der Waals surface area contributed by atoms with Gasteiger partial charge in [0.15, 0.2) is 0 Å². The van der Waals surface area contributed by atoms with Crippen molar-refractivity contribution in [3.63, 3.8) is 0 Å². The fraction of sp³-hybridized carbons (Fsp3) is 0.667. The van der Waals surface area contributed by atoms with Crippen LogP contribution >= 0.6 is 23.2 Å². The molecular formula is C18H23Cl2N. The zero-order chi connectivity index (χ0) is 14.4. The summed E-state index contributed by atoms with van der Waals surface area (Å²) in [5.74, 6) is 1.83. The van der Waals surface area contributed by atoms with E-state index in [0.29, 0.717) is 10.4 Å². The van der Waals surface area contributed by atoms with E-state index in [9.17, 15) is 0 Å². The summed E-state index contributed by atoms with van der Waals surface area (Å²) in [4.78, 5) is 0. The largest absolute Gasteiger partial charge is 0.313 e. The molecule has 3 atom stereocenters. The molecule has 1 aromatic rings. The number of nitrogens with one attached hydrogen (secondary N) is 1. The maximum atomic E-state index is 6.46. The van der Waals surface area contributed by atoms with Crippen molar-refractivity contribution >= 4 is 23.2 Å². The fourth-order valence-corrected chi connectivity index (χ4v) is 5.14. The summed E-state index contributed by atoms with van der Waals surface area (Å²) in [6.07, 6.45) is 9.48. The maximum Gasteiger partial charge on any atom is 0.0624 e. The van der Waals surface area contributed by atoms with E-state index < -0.39 is 0 Å². The molecule has 1 N–H and O–H groups in total. The van der Waals surface area contributed by atoms with Crippen molar-refractivity contribution in [2.75, 3.05) is 6.54 Å². The Morgan fingerprint density at radius 1 is 1.14 bits per heavy atom. The number of hydrogen-bond donors (Lipinski definition) is 1. The molecule has 1 nitrogen and oxygen atoms in total. The summed E-state index contributed by atoms with van der Waals surface area (Å²) in [7, 11) is 0. The second-order valence-corrected chi connectivity index (χ2v) is 8.27. The van der Waals surface area contributed by atoms with Gasteiger partial charge in [-0.05, 0) is 67.4 Å². The first-order valence-corrected chi connectivity index (χ1v) is 9.08. The van der Waals surface area contributed by atoms with E-state index in [1.807, 2.05) is 12.1 Å². The molecule has 0 radical (unpaired) electrons. The minimum absolute atomic E-state index is 0.416. The van der Waals surface area contributed by atoms with Crippen LogP contribution in [-0.2, 0) is 6.42 Å². The fourth-order valence-electron chi connectivity index (χ4n) is 4.75. The average molecular weight is 324 g/mol. The van der Waals surface area contributed by atoms with Gasteiger partial charge in [-0.15, -0.1) is 0 Å². The first-order chi connectivity index (χ1) is 10.2. The molecule has 3 heteroatoms. The Kier molecular flexibility index (Phi) is 3.72. The predicted octanol–water partition coefficient (Wildman–Crippen LogP) is 5.09. The van der Waals surface area contributed by atoms with Gasteiger partial charge >= 0.3 is 0 Å². The molecule has 3 aliphatic rings. The summed E-state index contributed by atoms with van der Waals surface area (Å²) in [6.45, 7) is 1.17. The molecule has 0 saturated heterocycles. The third kappa shape index (κ3) is 2.73. The van der Waals surface area contributed by atoms with Crippen LogP contribution in [0.1, 0.15) is 44.1 Å². The van der Waals surface area contributed by atoms with Crippen molar-refractivity contribution in [1.29, 1.82) is 0 Å². The van der Waals surface area contributed by atoms with Crippen LogP contribution in [-0.4, -0.2) is 12.6 Å². The second-order valence-electron chi connectivity index (χ2n) is 7.49. The van der Waals surface area contributed by atoms with Gasteiger partial charge in [0.1, 0.15) is 0 Å². The molecule has 2 bridgehead atoms. The first-order valence-electron chi connectivity index (χ1n) is 8.32. The molecule has 3 fully saturated rings. The van der Waals surface area contributed by atoms with Gasteiger partial charge in [0, 0.05) is 12.6 Å². The van der Waals surface area contributed by atoms with Crippen LogP contribution in [0.5, 0.6) is 0 Å². The Hall–Kier alpha value is -0.240. The highest BCUT2D eigenvalue weighted by atomic mass is 35.5. The molecule has 0 aromatic heterocycles. The van der Waals surface area contributed by atoms with Gasteiger partial charge in [-0.3, -0.25) is 0 Å². The van der Waals surface area contributed by atoms with Gasteiger partial charge in [-0.1, -0.05) is 41.8 Å². The highest BCUT2D eigenvalue weighted by molar-refractivity contribution is 6.42. The third-order valence-corrected chi connectivity index (χ3v) is 6.85. The lowest BCUT2D eigenvalue weighted by atomic mass is 9.69. The van der Waals surface area contributed by atoms with E-state index in [-0.39, 0.29) is 0 Å². The van der Waals surface area contributed by atoms with Crippen molar-refractivity contribution in [2.24, 2.45) is 17.3 Å². The quantitative estimate of drug-likeness (QED) is 0.795. The Morgan fingerprint density at radius 2 is 2.00 bits per heavy atom. The van der Waals surface area contributed by atoms with E-state index in [2.05, 4.69) is 11.4 Å². The van der Waals surface area contributed by atoms with Crippen LogP contribution in [0.15, 0.2) is 18.2 Å². The normalized spacial score (nSPS) is 34.6. The zero-order valence-corrected chi connectivity index (χ0v) is 13.9. The number of halogens is 2. The van der Waals surface area contributed by atoms with Crippen LogP contribution in [0, 0.1) is 17.3 Å². The third-order valence-electron chi connectivity index (χ3n) is 6.00. The molecule has 3 saturated carbocycles. The molecule has 4 rings (SSSR count). The van der Waals surface area contributed by atoms with Gasteiger partial charge in [-0.25, -0.2) is 0 Å². The standard InChI is InChI=1S/C18H23Cl2N/c19-16-3-1-2-13(17(16)20)10-18(11-21-15-6-7-15)9-12-4-5-14(18)8-12/h1-3,12,14-15,21H,4-11H2. The minimum atomic E-state index is 0.416. The zero-order valence-electron chi connectivity index (χ0n) is 12.4. The van der Waals surface area contributed by atoms with Crippen LogP contribution in [0.25, 0.3) is 0 Å². The Balaban J connectivity index is 1.58. The molecular weight excluding hydrogens is 301 g/mol. The lowest BCUT2D eigenvalue weighted by Gasteiger charge is -2.39. The van der Waals surface area contributed by atoms with E-state index in [0.717, 1.165) is 29.3 Å². The molecule has 0 heterocycles. The molecule has 3 unspecified atom stereocenters. The summed E-state index contributed by atoms with van der Waals surface area (Å²) in [5, 5.41) is 5.27. The summed E-state index contributed by atoms with van der Waals surface area (Å²) >= 11 is 12.7. The van der Waals surface area contributed by atoms with Crippen molar-refractivity contribution in [2.45, 2.75) is 51.0 Å². The topological polar surface area (TPSA) is 12.0 Å². The number of hydrogen-bond acceptors (Lipinski definition) is 1. The molecule has 0 amide bonds. The first kappa shape index (κ1) is 14.4. The van der Waals surface area contributed by atoms with Crippen molar-refractivity contribution in [3.8, 4) is 0 Å². The summed E-state index contributed by atoms with van der Waals surface area (Å²) < 4.78 is 0. The Labute approximate surface area is 137 Å². The maximum absolute atomic E-state index is 6.46. The van der Waals surface area contributed by atoms with Crippen LogP contribution in [0.2, 0.25) is 10.0 Å². The Morgan fingerprint density at radius 3 is 2.67 bits per heavy atom. The number of benzene rings is 1. The van der Waals surface area contributed by atoms with Crippen molar-refractivity contribution in [1.82, 2.24) is 5.32 Å². The monoisotopic (exact) mass is 323 g/mol. The second kappa shape index (κ2) is 5.44. The highest BCUT2D eigenvalue weighted by Gasteiger charge is 2.51.